The summed E-state index contributed by atoms with van der Waals surface area (Å²) in [6, 6.07) is 5.16. The van der Waals surface area contributed by atoms with E-state index in [1.165, 1.54) is 4.68 Å². The molecule has 0 aliphatic carbocycles. The number of rotatable bonds is 2. The lowest BCUT2D eigenvalue weighted by Crippen LogP contribution is -2.09. The van der Waals surface area contributed by atoms with Crippen LogP contribution in [0, 0.1) is 6.92 Å². The predicted octanol–water partition coefficient (Wildman–Crippen LogP) is 2.77. The third-order valence-corrected chi connectivity index (χ3v) is 3.38. The summed E-state index contributed by atoms with van der Waals surface area (Å²) in [5.74, 6) is -0.135. The summed E-state index contributed by atoms with van der Waals surface area (Å²) in [5.41, 5.74) is 1.86. The molecule has 0 spiro atoms. The van der Waals surface area contributed by atoms with Crippen molar-refractivity contribution in [1.29, 1.82) is 0 Å². The Morgan fingerprint density at radius 1 is 1.47 bits per heavy atom. The number of ketones is 1. The molecule has 0 atom stereocenters. The number of carbonyl (C=O) groups excluding carboxylic acids is 1. The summed E-state index contributed by atoms with van der Waals surface area (Å²) in [6.07, 6.45) is 0. The van der Waals surface area contributed by atoms with Crippen molar-refractivity contribution in [2.75, 3.05) is 0 Å². The molecule has 6 heteroatoms. The van der Waals surface area contributed by atoms with Crippen LogP contribution in [0.2, 0.25) is 5.02 Å². The van der Waals surface area contributed by atoms with Crippen LogP contribution in [0.5, 0.6) is 0 Å². The van der Waals surface area contributed by atoms with E-state index in [0.717, 1.165) is 5.56 Å². The molecule has 0 unspecified atom stereocenters. The number of hydrogen-bond acceptors (Lipinski definition) is 3. The first-order valence-corrected chi connectivity index (χ1v) is 6.04. The third kappa shape index (κ3) is 2.25. The van der Waals surface area contributed by atoms with Gasteiger partial charge in [0.15, 0.2) is 4.60 Å². The zero-order chi connectivity index (χ0) is 12.6. The van der Waals surface area contributed by atoms with Gasteiger partial charge in [-0.25, -0.2) is 4.68 Å². The minimum Gasteiger partial charge on any atom is -0.287 e. The van der Waals surface area contributed by atoms with Gasteiger partial charge in [-0.05, 0) is 46.6 Å². The zero-order valence-corrected chi connectivity index (χ0v) is 11.6. The van der Waals surface area contributed by atoms with Gasteiger partial charge in [0.2, 0.25) is 5.78 Å². The second kappa shape index (κ2) is 4.58. The van der Waals surface area contributed by atoms with E-state index in [4.69, 9.17) is 11.6 Å². The van der Waals surface area contributed by atoms with E-state index in [1.54, 1.807) is 25.2 Å². The van der Waals surface area contributed by atoms with E-state index in [0.29, 0.717) is 20.9 Å². The highest BCUT2D eigenvalue weighted by Crippen LogP contribution is 2.21. The SMILES string of the molecule is Cc1cc(C(=O)c2c(Br)nnn2C)ccc1Cl. The summed E-state index contributed by atoms with van der Waals surface area (Å²) < 4.78 is 1.88. The maximum absolute atomic E-state index is 12.2. The number of halogens is 2. The summed E-state index contributed by atoms with van der Waals surface area (Å²) in [7, 11) is 1.67. The molecule has 0 fully saturated rings. The Kier molecular flexibility index (Phi) is 3.31. The first kappa shape index (κ1) is 12.3. The topological polar surface area (TPSA) is 47.8 Å². The Morgan fingerprint density at radius 3 is 2.71 bits per heavy atom. The summed E-state index contributed by atoms with van der Waals surface area (Å²) >= 11 is 9.13. The second-order valence-electron chi connectivity index (χ2n) is 3.65. The minimum absolute atomic E-state index is 0.135. The first-order chi connectivity index (χ1) is 8.00. The quantitative estimate of drug-likeness (QED) is 0.801. The van der Waals surface area contributed by atoms with Crippen LogP contribution in [0.4, 0.5) is 0 Å². The van der Waals surface area contributed by atoms with Gasteiger partial charge < -0.3 is 0 Å². The fraction of sp³-hybridized carbons (Fsp3) is 0.182. The standard InChI is InChI=1S/C11H9BrClN3O/c1-6-5-7(3-4-8(6)13)10(17)9-11(12)14-15-16(9)2/h3-5H,1-2H3. The molecule has 0 aliphatic rings. The van der Waals surface area contributed by atoms with Gasteiger partial charge in [0.05, 0.1) is 0 Å². The summed E-state index contributed by atoms with van der Waals surface area (Å²) in [6.45, 7) is 1.86. The molecule has 2 aromatic rings. The highest BCUT2D eigenvalue weighted by molar-refractivity contribution is 9.10. The molecule has 1 aromatic heterocycles. The lowest BCUT2D eigenvalue weighted by atomic mass is 10.1. The molecule has 2 rings (SSSR count). The fourth-order valence-electron chi connectivity index (χ4n) is 1.50. The Balaban J connectivity index is 2.48. The van der Waals surface area contributed by atoms with E-state index in [9.17, 15) is 4.79 Å². The smallest absolute Gasteiger partial charge is 0.213 e. The molecule has 88 valence electrons. The van der Waals surface area contributed by atoms with Gasteiger partial charge in [-0.1, -0.05) is 16.8 Å². The Hall–Kier alpha value is -1.20. The highest BCUT2D eigenvalue weighted by Gasteiger charge is 2.18. The molecule has 0 bridgehead atoms. The molecule has 0 aliphatic heterocycles. The normalized spacial score (nSPS) is 10.6. The molecule has 0 N–H and O–H groups in total. The number of carbonyl (C=O) groups is 1. The number of nitrogens with zero attached hydrogens (tertiary/aromatic N) is 3. The van der Waals surface area contributed by atoms with E-state index in [1.807, 2.05) is 6.92 Å². The van der Waals surface area contributed by atoms with E-state index >= 15 is 0 Å². The van der Waals surface area contributed by atoms with Crippen molar-refractivity contribution in [2.45, 2.75) is 6.92 Å². The average molecular weight is 315 g/mol. The third-order valence-electron chi connectivity index (χ3n) is 2.42. The number of benzene rings is 1. The second-order valence-corrected chi connectivity index (χ2v) is 4.80. The van der Waals surface area contributed by atoms with Crippen molar-refractivity contribution in [3.63, 3.8) is 0 Å². The number of aromatic nitrogens is 3. The van der Waals surface area contributed by atoms with Crippen LogP contribution in [-0.2, 0) is 7.05 Å². The molecule has 0 saturated heterocycles. The number of hydrogen-bond donors (Lipinski definition) is 0. The van der Waals surface area contributed by atoms with E-state index < -0.39 is 0 Å². The van der Waals surface area contributed by atoms with Gasteiger partial charge in [-0.15, -0.1) is 5.10 Å². The van der Waals surface area contributed by atoms with Crippen molar-refractivity contribution in [3.05, 3.63) is 44.6 Å². The van der Waals surface area contributed by atoms with Gasteiger partial charge in [0.1, 0.15) is 5.69 Å². The molecular formula is C11H9BrClN3O. The molecule has 1 aromatic carbocycles. The molecule has 0 radical (unpaired) electrons. The lowest BCUT2D eigenvalue weighted by molar-refractivity contribution is 0.102. The largest absolute Gasteiger partial charge is 0.287 e. The molecular weight excluding hydrogens is 305 g/mol. The number of aryl methyl sites for hydroxylation is 2. The van der Waals surface area contributed by atoms with Gasteiger partial charge in [-0.2, -0.15) is 0 Å². The lowest BCUT2D eigenvalue weighted by Gasteiger charge is -2.03. The predicted molar refractivity (Wildman–Crippen MR) is 68.3 cm³/mol. The van der Waals surface area contributed by atoms with Crippen LogP contribution in [0.25, 0.3) is 0 Å². The summed E-state index contributed by atoms with van der Waals surface area (Å²) in [5, 5.41) is 8.20. The van der Waals surface area contributed by atoms with Crippen LogP contribution < -0.4 is 0 Å². The van der Waals surface area contributed by atoms with Crippen LogP contribution >= 0.6 is 27.5 Å². The molecule has 0 saturated carbocycles. The van der Waals surface area contributed by atoms with Gasteiger partial charge in [0, 0.05) is 17.6 Å². The molecule has 1 heterocycles. The van der Waals surface area contributed by atoms with Crippen molar-refractivity contribution >= 4 is 33.3 Å². The van der Waals surface area contributed by atoms with Crippen LogP contribution in [0.3, 0.4) is 0 Å². The molecule has 4 nitrogen and oxygen atoms in total. The van der Waals surface area contributed by atoms with Crippen molar-refractivity contribution in [1.82, 2.24) is 15.0 Å². The van der Waals surface area contributed by atoms with Crippen molar-refractivity contribution in [2.24, 2.45) is 7.05 Å². The average Bonchev–Trinajstić information content (AvgIpc) is 2.62. The van der Waals surface area contributed by atoms with Gasteiger partial charge >= 0.3 is 0 Å². The monoisotopic (exact) mass is 313 g/mol. The van der Waals surface area contributed by atoms with Gasteiger partial charge in [-0.3, -0.25) is 4.79 Å². The van der Waals surface area contributed by atoms with Crippen LogP contribution in [-0.4, -0.2) is 20.8 Å². The van der Waals surface area contributed by atoms with Crippen molar-refractivity contribution in [3.8, 4) is 0 Å². The Bertz CT molecular complexity index is 575. The van der Waals surface area contributed by atoms with Crippen molar-refractivity contribution < 1.29 is 4.79 Å². The van der Waals surface area contributed by atoms with Gasteiger partial charge in [0.25, 0.3) is 0 Å². The maximum atomic E-state index is 12.2. The Morgan fingerprint density at radius 2 is 2.18 bits per heavy atom. The molecule has 0 amide bonds. The van der Waals surface area contributed by atoms with Crippen LogP contribution in [0.15, 0.2) is 22.8 Å². The highest BCUT2D eigenvalue weighted by atomic mass is 79.9. The zero-order valence-electron chi connectivity index (χ0n) is 9.24. The maximum Gasteiger partial charge on any atom is 0.213 e. The fourth-order valence-corrected chi connectivity index (χ4v) is 2.12. The minimum atomic E-state index is -0.135. The first-order valence-electron chi connectivity index (χ1n) is 4.86. The summed E-state index contributed by atoms with van der Waals surface area (Å²) in [4.78, 5) is 12.2. The Labute approximate surface area is 112 Å². The molecule has 17 heavy (non-hydrogen) atoms. The van der Waals surface area contributed by atoms with E-state index in [2.05, 4.69) is 26.2 Å². The van der Waals surface area contributed by atoms with Crippen LogP contribution in [0.1, 0.15) is 21.6 Å². The van der Waals surface area contributed by atoms with E-state index in [-0.39, 0.29) is 5.78 Å².